The minimum Gasteiger partial charge on any atom is -0.396 e. The fourth-order valence-corrected chi connectivity index (χ4v) is 2.84. The summed E-state index contributed by atoms with van der Waals surface area (Å²) in [5.41, 5.74) is 0.864. The van der Waals surface area contributed by atoms with E-state index in [1.807, 2.05) is 18.2 Å². The molecule has 1 aliphatic heterocycles. The lowest BCUT2D eigenvalue weighted by molar-refractivity contribution is 0.208. The van der Waals surface area contributed by atoms with Crippen molar-refractivity contribution in [2.24, 2.45) is 5.92 Å². The molecule has 0 amide bonds. The van der Waals surface area contributed by atoms with Gasteiger partial charge >= 0.3 is 0 Å². The third-order valence-electron chi connectivity index (χ3n) is 3.65. The van der Waals surface area contributed by atoms with Gasteiger partial charge in [-0.2, -0.15) is 0 Å². The van der Waals surface area contributed by atoms with Gasteiger partial charge in [-0.1, -0.05) is 11.6 Å². The largest absolute Gasteiger partial charge is 0.396 e. The van der Waals surface area contributed by atoms with E-state index in [1.165, 1.54) is 0 Å². The monoisotopic (exact) mass is 277 g/mol. The van der Waals surface area contributed by atoms with Crippen molar-refractivity contribution < 1.29 is 5.11 Å². The van der Waals surface area contributed by atoms with Gasteiger partial charge in [-0.05, 0) is 37.0 Å². The zero-order valence-electron chi connectivity index (χ0n) is 10.6. The van der Waals surface area contributed by atoms with Gasteiger partial charge in [-0.15, -0.1) is 0 Å². The summed E-state index contributed by atoms with van der Waals surface area (Å²) in [4.78, 5) is 10.9. The van der Waals surface area contributed by atoms with Crippen LogP contribution in [0.1, 0.15) is 12.8 Å². The van der Waals surface area contributed by atoms with Crippen LogP contribution in [0.4, 0.5) is 5.82 Å². The maximum Gasteiger partial charge on any atom is 0.139 e. The normalized spacial score (nSPS) is 19.9. The van der Waals surface area contributed by atoms with Crippen LogP contribution in [-0.4, -0.2) is 34.8 Å². The van der Waals surface area contributed by atoms with Crippen LogP contribution < -0.4 is 4.90 Å². The molecular weight excluding hydrogens is 262 g/mol. The smallest absolute Gasteiger partial charge is 0.139 e. The van der Waals surface area contributed by atoms with Crippen LogP contribution in [-0.2, 0) is 0 Å². The number of aromatic nitrogens is 2. The van der Waals surface area contributed by atoms with Gasteiger partial charge in [-0.3, -0.25) is 0 Å². The lowest BCUT2D eigenvalue weighted by Crippen LogP contribution is -2.37. The Labute approximate surface area is 117 Å². The van der Waals surface area contributed by atoms with E-state index in [2.05, 4.69) is 14.9 Å². The molecule has 0 radical (unpaired) electrons. The highest BCUT2D eigenvalue weighted by molar-refractivity contribution is 6.31. The molecule has 2 heterocycles. The third-order valence-corrected chi connectivity index (χ3v) is 3.89. The SMILES string of the molecule is OCC1CCCN(c2ncnc3cc(Cl)ccc23)C1. The number of piperidine rings is 1. The highest BCUT2D eigenvalue weighted by atomic mass is 35.5. The van der Waals surface area contributed by atoms with E-state index < -0.39 is 0 Å². The van der Waals surface area contributed by atoms with Gasteiger partial charge in [0.2, 0.25) is 0 Å². The number of anilines is 1. The molecule has 0 saturated carbocycles. The van der Waals surface area contributed by atoms with Gasteiger partial charge in [0.15, 0.2) is 0 Å². The van der Waals surface area contributed by atoms with Crippen molar-refractivity contribution in [3.8, 4) is 0 Å². The lowest BCUT2D eigenvalue weighted by atomic mass is 9.99. The minimum atomic E-state index is 0.241. The molecule has 1 aromatic heterocycles. The number of benzene rings is 1. The van der Waals surface area contributed by atoms with Gasteiger partial charge in [0.1, 0.15) is 12.1 Å². The first-order chi connectivity index (χ1) is 9.28. The zero-order chi connectivity index (χ0) is 13.2. The quantitative estimate of drug-likeness (QED) is 0.916. The molecule has 0 spiro atoms. The molecule has 19 heavy (non-hydrogen) atoms. The highest BCUT2D eigenvalue weighted by Gasteiger charge is 2.21. The number of halogens is 1. The van der Waals surface area contributed by atoms with Gasteiger partial charge < -0.3 is 10.0 Å². The Morgan fingerprint density at radius 1 is 1.37 bits per heavy atom. The molecule has 0 bridgehead atoms. The van der Waals surface area contributed by atoms with Gasteiger partial charge in [-0.25, -0.2) is 9.97 Å². The van der Waals surface area contributed by atoms with E-state index >= 15 is 0 Å². The van der Waals surface area contributed by atoms with E-state index in [1.54, 1.807) is 6.33 Å². The first-order valence-electron chi connectivity index (χ1n) is 6.54. The number of aliphatic hydroxyl groups excluding tert-OH is 1. The highest BCUT2D eigenvalue weighted by Crippen LogP contribution is 2.28. The van der Waals surface area contributed by atoms with Crippen molar-refractivity contribution in [3.05, 3.63) is 29.5 Å². The van der Waals surface area contributed by atoms with Gasteiger partial charge in [0, 0.05) is 30.1 Å². The Kier molecular flexibility index (Phi) is 3.53. The van der Waals surface area contributed by atoms with Crippen molar-refractivity contribution in [1.82, 2.24) is 9.97 Å². The average molecular weight is 278 g/mol. The van der Waals surface area contributed by atoms with Crippen molar-refractivity contribution in [2.45, 2.75) is 12.8 Å². The summed E-state index contributed by atoms with van der Waals surface area (Å²) < 4.78 is 0. The second-order valence-corrected chi connectivity index (χ2v) is 5.43. The number of hydrogen-bond donors (Lipinski definition) is 1. The molecule has 5 heteroatoms. The van der Waals surface area contributed by atoms with Gasteiger partial charge in [0.25, 0.3) is 0 Å². The molecule has 2 aromatic rings. The fourth-order valence-electron chi connectivity index (χ4n) is 2.67. The molecule has 1 unspecified atom stereocenters. The molecule has 1 N–H and O–H groups in total. The molecule has 3 rings (SSSR count). The first-order valence-corrected chi connectivity index (χ1v) is 6.92. The van der Waals surface area contributed by atoms with Crippen molar-refractivity contribution in [1.29, 1.82) is 0 Å². The van der Waals surface area contributed by atoms with E-state index in [0.29, 0.717) is 10.9 Å². The number of nitrogens with zero attached hydrogens (tertiary/aromatic N) is 3. The summed E-state index contributed by atoms with van der Waals surface area (Å²) in [5, 5.41) is 11.0. The molecule has 1 aliphatic rings. The summed E-state index contributed by atoms with van der Waals surface area (Å²) in [6, 6.07) is 5.69. The lowest BCUT2D eigenvalue weighted by Gasteiger charge is -2.33. The first kappa shape index (κ1) is 12.6. The molecule has 1 saturated heterocycles. The Bertz CT molecular complexity index is 590. The summed E-state index contributed by atoms with van der Waals surface area (Å²) in [6.07, 6.45) is 3.75. The summed E-state index contributed by atoms with van der Waals surface area (Å²) in [6.45, 7) is 2.07. The Morgan fingerprint density at radius 2 is 2.26 bits per heavy atom. The summed E-state index contributed by atoms with van der Waals surface area (Å²) >= 11 is 6.00. The molecular formula is C14H16ClN3O. The molecule has 0 aliphatic carbocycles. The van der Waals surface area contributed by atoms with Crippen LogP contribution in [0.15, 0.2) is 24.5 Å². The van der Waals surface area contributed by atoms with Crippen LogP contribution in [0.2, 0.25) is 5.02 Å². The van der Waals surface area contributed by atoms with E-state index in [-0.39, 0.29) is 6.61 Å². The third kappa shape index (κ3) is 2.51. The Hall–Kier alpha value is -1.39. The summed E-state index contributed by atoms with van der Waals surface area (Å²) in [5.74, 6) is 1.28. The fraction of sp³-hybridized carbons (Fsp3) is 0.429. The topological polar surface area (TPSA) is 49.2 Å². The second kappa shape index (κ2) is 5.31. The van der Waals surface area contributed by atoms with E-state index in [9.17, 15) is 5.11 Å². The molecule has 1 aromatic carbocycles. The summed E-state index contributed by atoms with van der Waals surface area (Å²) in [7, 11) is 0. The van der Waals surface area contributed by atoms with Crippen LogP contribution in [0.25, 0.3) is 10.9 Å². The van der Waals surface area contributed by atoms with Crippen molar-refractivity contribution in [2.75, 3.05) is 24.6 Å². The van der Waals surface area contributed by atoms with Crippen LogP contribution in [0, 0.1) is 5.92 Å². The van der Waals surface area contributed by atoms with Crippen molar-refractivity contribution in [3.63, 3.8) is 0 Å². The average Bonchev–Trinajstić information content (AvgIpc) is 2.46. The number of hydrogen-bond acceptors (Lipinski definition) is 4. The second-order valence-electron chi connectivity index (χ2n) is 5.00. The minimum absolute atomic E-state index is 0.241. The number of rotatable bonds is 2. The molecule has 100 valence electrons. The zero-order valence-corrected chi connectivity index (χ0v) is 11.3. The van der Waals surface area contributed by atoms with E-state index in [0.717, 1.165) is 42.7 Å². The van der Waals surface area contributed by atoms with Crippen LogP contribution >= 0.6 is 11.6 Å². The maximum atomic E-state index is 9.33. The van der Waals surface area contributed by atoms with Crippen molar-refractivity contribution >= 4 is 28.3 Å². The van der Waals surface area contributed by atoms with Crippen LogP contribution in [0.3, 0.4) is 0 Å². The standard InChI is InChI=1S/C14H16ClN3O/c15-11-3-4-12-13(6-11)16-9-17-14(12)18-5-1-2-10(7-18)8-19/h3-4,6,9-10,19H,1-2,5,7-8H2. The van der Waals surface area contributed by atoms with Crippen LogP contribution in [0.5, 0.6) is 0 Å². The molecule has 1 atom stereocenters. The molecule has 1 fully saturated rings. The van der Waals surface area contributed by atoms with E-state index in [4.69, 9.17) is 11.6 Å². The Balaban J connectivity index is 2.00. The Morgan fingerprint density at radius 3 is 3.11 bits per heavy atom. The number of fused-ring (bicyclic) bond motifs is 1. The maximum absolute atomic E-state index is 9.33. The molecule has 4 nitrogen and oxygen atoms in total. The van der Waals surface area contributed by atoms with Gasteiger partial charge in [0.05, 0.1) is 5.52 Å². The number of aliphatic hydroxyl groups is 1. The predicted molar refractivity (Wildman–Crippen MR) is 76.6 cm³/mol. The predicted octanol–water partition coefficient (Wildman–Crippen LogP) is 2.49.